The lowest BCUT2D eigenvalue weighted by Gasteiger charge is -2.05. The molecule has 0 radical (unpaired) electrons. The molecule has 0 N–H and O–H groups in total. The van der Waals surface area contributed by atoms with E-state index in [9.17, 15) is 0 Å². The van der Waals surface area contributed by atoms with Gasteiger partial charge in [0.15, 0.2) is 5.15 Å². The Bertz CT molecular complexity index is 500. The van der Waals surface area contributed by atoms with Gasteiger partial charge in [-0.05, 0) is 26.0 Å². The molecule has 0 bridgehead atoms. The van der Waals surface area contributed by atoms with Crippen LogP contribution >= 0.6 is 23.4 Å². The molecule has 0 amide bonds. The van der Waals surface area contributed by atoms with Gasteiger partial charge in [0.2, 0.25) is 0 Å². The van der Waals surface area contributed by atoms with Crippen molar-refractivity contribution in [1.82, 2.24) is 9.97 Å². The number of benzene rings is 1. The lowest BCUT2D eigenvalue weighted by Crippen LogP contribution is -1.94. The van der Waals surface area contributed by atoms with E-state index in [1.54, 1.807) is 0 Å². The lowest BCUT2D eigenvalue weighted by atomic mass is 10.4. The van der Waals surface area contributed by atoms with Crippen molar-refractivity contribution < 1.29 is 0 Å². The van der Waals surface area contributed by atoms with Crippen molar-refractivity contribution >= 4 is 23.4 Å². The molecule has 16 heavy (non-hydrogen) atoms. The Kier molecular flexibility index (Phi) is 3.46. The predicted molar refractivity (Wildman–Crippen MR) is 67.1 cm³/mol. The fourth-order valence-corrected chi connectivity index (χ4v) is 2.33. The average molecular weight is 251 g/mol. The molecular weight excluding hydrogens is 240 g/mol. The Morgan fingerprint density at radius 3 is 2.31 bits per heavy atom. The first-order valence-corrected chi connectivity index (χ1v) is 6.10. The van der Waals surface area contributed by atoms with E-state index in [4.69, 9.17) is 11.6 Å². The van der Waals surface area contributed by atoms with Gasteiger partial charge in [0.25, 0.3) is 0 Å². The molecule has 0 aliphatic heterocycles. The molecular formula is C12H11ClN2S. The van der Waals surface area contributed by atoms with E-state index in [1.165, 1.54) is 11.8 Å². The van der Waals surface area contributed by atoms with Gasteiger partial charge >= 0.3 is 0 Å². The predicted octanol–water partition coefficient (Wildman–Crippen LogP) is 3.90. The van der Waals surface area contributed by atoms with Crippen LogP contribution in [0.4, 0.5) is 0 Å². The molecule has 0 unspecified atom stereocenters. The lowest BCUT2D eigenvalue weighted by molar-refractivity contribution is 0.957. The second kappa shape index (κ2) is 4.85. The van der Waals surface area contributed by atoms with Gasteiger partial charge in [0.1, 0.15) is 5.03 Å². The molecule has 0 saturated heterocycles. The molecule has 1 aromatic carbocycles. The van der Waals surface area contributed by atoms with Crippen LogP contribution in [0.3, 0.4) is 0 Å². The number of hydrogen-bond donors (Lipinski definition) is 0. The summed E-state index contributed by atoms with van der Waals surface area (Å²) in [7, 11) is 0. The Hall–Kier alpha value is -1.06. The van der Waals surface area contributed by atoms with Crippen LogP contribution in [-0.4, -0.2) is 9.97 Å². The van der Waals surface area contributed by atoms with Crippen LogP contribution in [0.2, 0.25) is 5.15 Å². The maximum atomic E-state index is 6.06. The van der Waals surface area contributed by atoms with Gasteiger partial charge in [0.05, 0.1) is 11.4 Å². The number of hydrogen-bond acceptors (Lipinski definition) is 3. The van der Waals surface area contributed by atoms with E-state index in [0.717, 1.165) is 21.3 Å². The minimum absolute atomic E-state index is 0.469. The van der Waals surface area contributed by atoms with Crippen molar-refractivity contribution in [3.8, 4) is 0 Å². The smallest absolute Gasteiger partial charge is 0.161 e. The molecule has 2 rings (SSSR count). The summed E-state index contributed by atoms with van der Waals surface area (Å²) in [5.74, 6) is 0. The summed E-state index contributed by atoms with van der Waals surface area (Å²) in [6, 6.07) is 10.0. The third kappa shape index (κ3) is 2.54. The summed E-state index contributed by atoms with van der Waals surface area (Å²) in [5.41, 5.74) is 1.80. The number of aryl methyl sites for hydroxylation is 2. The van der Waals surface area contributed by atoms with Crippen LogP contribution in [0.25, 0.3) is 0 Å². The molecule has 0 aliphatic carbocycles. The normalized spacial score (nSPS) is 10.4. The molecule has 0 saturated carbocycles. The number of rotatable bonds is 2. The standard InChI is InChI=1S/C12H11ClN2S/c1-8-9(2)15-12(11(13)14-8)16-10-6-4-3-5-7-10/h3-7H,1-2H3. The van der Waals surface area contributed by atoms with Crippen molar-refractivity contribution in [3.05, 3.63) is 46.9 Å². The Morgan fingerprint density at radius 2 is 1.62 bits per heavy atom. The van der Waals surface area contributed by atoms with Crippen LogP contribution in [0.1, 0.15) is 11.4 Å². The molecule has 2 aromatic rings. The molecule has 82 valence electrons. The highest BCUT2D eigenvalue weighted by Gasteiger charge is 2.08. The van der Waals surface area contributed by atoms with Crippen molar-refractivity contribution in [2.45, 2.75) is 23.8 Å². The summed E-state index contributed by atoms with van der Waals surface area (Å²) in [6.45, 7) is 3.85. The first-order chi connectivity index (χ1) is 7.66. The molecule has 0 fully saturated rings. The largest absolute Gasteiger partial charge is 0.241 e. The first-order valence-electron chi connectivity index (χ1n) is 4.90. The van der Waals surface area contributed by atoms with Gasteiger partial charge in [-0.3, -0.25) is 0 Å². The average Bonchev–Trinajstić information content (AvgIpc) is 2.27. The molecule has 4 heteroatoms. The van der Waals surface area contributed by atoms with E-state index in [0.29, 0.717) is 5.15 Å². The van der Waals surface area contributed by atoms with Gasteiger partial charge in [-0.25, -0.2) is 9.97 Å². The summed E-state index contributed by atoms with van der Waals surface area (Å²) < 4.78 is 0. The van der Waals surface area contributed by atoms with Crippen LogP contribution < -0.4 is 0 Å². The van der Waals surface area contributed by atoms with Crippen molar-refractivity contribution in [2.24, 2.45) is 0 Å². The van der Waals surface area contributed by atoms with Gasteiger partial charge in [-0.2, -0.15) is 0 Å². The second-order valence-electron chi connectivity index (χ2n) is 3.41. The van der Waals surface area contributed by atoms with Crippen LogP contribution in [-0.2, 0) is 0 Å². The highest BCUT2D eigenvalue weighted by atomic mass is 35.5. The summed E-state index contributed by atoms with van der Waals surface area (Å²) >= 11 is 7.59. The second-order valence-corrected chi connectivity index (χ2v) is 4.83. The quantitative estimate of drug-likeness (QED) is 0.809. The summed E-state index contributed by atoms with van der Waals surface area (Å²) in [6.07, 6.45) is 0. The number of halogens is 1. The third-order valence-electron chi connectivity index (χ3n) is 2.19. The fourth-order valence-electron chi connectivity index (χ4n) is 1.22. The zero-order chi connectivity index (χ0) is 11.5. The van der Waals surface area contributed by atoms with Crippen LogP contribution in [0, 0.1) is 13.8 Å². The first kappa shape index (κ1) is 11.4. The van der Waals surface area contributed by atoms with Crippen LogP contribution in [0.5, 0.6) is 0 Å². The highest BCUT2D eigenvalue weighted by Crippen LogP contribution is 2.30. The summed E-state index contributed by atoms with van der Waals surface area (Å²) in [5, 5.41) is 1.23. The molecule has 0 spiro atoms. The summed E-state index contributed by atoms with van der Waals surface area (Å²) in [4.78, 5) is 9.80. The van der Waals surface area contributed by atoms with E-state index in [-0.39, 0.29) is 0 Å². The number of aromatic nitrogens is 2. The topological polar surface area (TPSA) is 25.8 Å². The van der Waals surface area contributed by atoms with Gasteiger partial charge in [0, 0.05) is 4.90 Å². The van der Waals surface area contributed by atoms with E-state index in [1.807, 2.05) is 44.2 Å². The minimum Gasteiger partial charge on any atom is -0.241 e. The molecule has 0 atom stereocenters. The van der Waals surface area contributed by atoms with Crippen LogP contribution in [0.15, 0.2) is 40.3 Å². The van der Waals surface area contributed by atoms with Crippen molar-refractivity contribution in [1.29, 1.82) is 0 Å². The van der Waals surface area contributed by atoms with E-state index < -0.39 is 0 Å². The fraction of sp³-hybridized carbons (Fsp3) is 0.167. The van der Waals surface area contributed by atoms with Crippen molar-refractivity contribution in [2.75, 3.05) is 0 Å². The van der Waals surface area contributed by atoms with E-state index in [2.05, 4.69) is 9.97 Å². The minimum atomic E-state index is 0.469. The van der Waals surface area contributed by atoms with Crippen molar-refractivity contribution in [3.63, 3.8) is 0 Å². The molecule has 2 nitrogen and oxygen atoms in total. The van der Waals surface area contributed by atoms with E-state index >= 15 is 0 Å². The maximum Gasteiger partial charge on any atom is 0.161 e. The van der Waals surface area contributed by atoms with Gasteiger partial charge in [-0.1, -0.05) is 41.6 Å². The van der Waals surface area contributed by atoms with Gasteiger partial charge in [-0.15, -0.1) is 0 Å². The maximum absolute atomic E-state index is 6.06. The zero-order valence-electron chi connectivity index (χ0n) is 9.07. The number of nitrogens with zero attached hydrogens (tertiary/aromatic N) is 2. The Balaban J connectivity index is 2.32. The SMILES string of the molecule is Cc1nc(Cl)c(Sc2ccccc2)nc1C. The van der Waals surface area contributed by atoms with Gasteiger partial charge < -0.3 is 0 Å². The Labute approximate surface area is 104 Å². The highest BCUT2D eigenvalue weighted by molar-refractivity contribution is 7.99. The Morgan fingerprint density at radius 1 is 1.00 bits per heavy atom. The molecule has 0 aliphatic rings. The molecule has 1 aromatic heterocycles. The zero-order valence-corrected chi connectivity index (χ0v) is 10.6. The monoisotopic (exact) mass is 250 g/mol. The third-order valence-corrected chi connectivity index (χ3v) is 3.55. The molecule has 1 heterocycles.